The van der Waals surface area contributed by atoms with E-state index in [0.29, 0.717) is 12.2 Å². The van der Waals surface area contributed by atoms with E-state index in [4.69, 9.17) is 4.74 Å². The van der Waals surface area contributed by atoms with Crippen LogP contribution in [0.4, 0.5) is 0 Å². The van der Waals surface area contributed by atoms with Gasteiger partial charge in [0, 0.05) is 16.8 Å². The minimum Gasteiger partial charge on any atom is -0.497 e. The van der Waals surface area contributed by atoms with Gasteiger partial charge in [-0.3, -0.25) is 4.79 Å². The number of hydrogen-bond acceptors (Lipinski definition) is 2. The zero-order valence-electron chi connectivity index (χ0n) is 10.4. The van der Waals surface area contributed by atoms with Crippen molar-refractivity contribution in [1.29, 1.82) is 0 Å². The van der Waals surface area contributed by atoms with Crippen molar-refractivity contribution in [2.45, 2.75) is 26.7 Å². The van der Waals surface area contributed by atoms with E-state index in [1.807, 2.05) is 18.2 Å². The summed E-state index contributed by atoms with van der Waals surface area (Å²) in [5, 5.41) is 0. The standard InChI is InChI=1S/C14H17BrO2/c1-14(2)8-11(14)13(16)7-9-6-10(17-3)4-5-12(9)15/h4-6,11H,7-8H2,1-3H3. The number of carbonyl (C=O) groups excluding carboxylic acids is 1. The highest BCUT2D eigenvalue weighted by atomic mass is 79.9. The van der Waals surface area contributed by atoms with Crippen molar-refractivity contribution >= 4 is 21.7 Å². The summed E-state index contributed by atoms with van der Waals surface area (Å²) < 4.78 is 6.15. The number of rotatable bonds is 4. The summed E-state index contributed by atoms with van der Waals surface area (Å²) in [5.74, 6) is 1.37. The average molecular weight is 297 g/mol. The number of ketones is 1. The molecule has 2 nitrogen and oxygen atoms in total. The third kappa shape index (κ3) is 2.71. The Morgan fingerprint density at radius 3 is 2.71 bits per heavy atom. The molecule has 1 saturated carbocycles. The van der Waals surface area contributed by atoms with Crippen LogP contribution in [0.3, 0.4) is 0 Å². The molecule has 0 aromatic heterocycles. The molecule has 0 saturated heterocycles. The van der Waals surface area contributed by atoms with Crippen LogP contribution in [0.25, 0.3) is 0 Å². The summed E-state index contributed by atoms with van der Waals surface area (Å²) in [4.78, 5) is 12.1. The third-order valence-corrected chi connectivity index (χ3v) is 4.29. The van der Waals surface area contributed by atoms with Crippen molar-refractivity contribution in [1.82, 2.24) is 0 Å². The Morgan fingerprint density at radius 2 is 2.18 bits per heavy atom. The molecule has 0 bridgehead atoms. The van der Waals surface area contributed by atoms with Gasteiger partial charge in [0.05, 0.1) is 7.11 Å². The van der Waals surface area contributed by atoms with Gasteiger partial charge in [-0.05, 0) is 35.6 Å². The molecule has 1 atom stereocenters. The Bertz CT molecular complexity index is 452. The molecule has 92 valence electrons. The average Bonchev–Trinajstić information content (AvgIpc) is 2.91. The minimum atomic E-state index is 0.211. The van der Waals surface area contributed by atoms with Gasteiger partial charge in [0.15, 0.2) is 0 Å². The molecule has 1 aliphatic rings. The highest BCUT2D eigenvalue weighted by Crippen LogP contribution is 2.52. The van der Waals surface area contributed by atoms with Crippen LogP contribution in [0.2, 0.25) is 0 Å². The Labute approximate surface area is 110 Å². The summed E-state index contributed by atoms with van der Waals surface area (Å²) >= 11 is 3.48. The van der Waals surface area contributed by atoms with E-state index in [9.17, 15) is 4.79 Å². The van der Waals surface area contributed by atoms with Gasteiger partial charge in [-0.1, -0.05) is 29.8 Å². The van der Waals surface area contributed by atoms with Crippen LogP contribution in [0, 0.1) is 11.3 Å². The molecule has 0 heterocycles. The van der Waals surface area contributed by atoms with Crippen LogP contribution in [0.5, 0.6) is 5.75 Å². The van der Waals surface area contributed by atoms with Gasteiger partial charge in [0.2, 0.25) is 0 Å². The Balaban J connectivity index is 2.11. The Kier molecular flexibility index (Phi) is 3.30. The molecular formula is C14H17BrO2. The molecule has 1 aromatic carbocycles. The Morgan fingerprint density at radius 1 is 1.53 bits per heavy atom. The van der Waals surface area contributed by atoms with Crippen LogP contribution < -0.4 is 4.74 Å². The van der Waals surface area contributed by atoms with Gasteiger partial charge in [-0.2, -0.15) is 0 Å². The van der Waals surface area contributed by atoms with E-state index in [2.05, 4.69) is 29.8 Å². The fraction of sp³-hybridized carbons (Fsp3) is 0.500. The molecule has 0 radical (unpaired) electrons. The van der Waals surface area contributed by atoms with E-state index < -0.39 is 0 Å². The number of Topliss-reactive ketones (excluding diaryl/α,β-unsaturated/α-hetero) is 1. The number of halogens is 1. The second-order valence-electron chi connectivity index (χ2n) is 5.35. The smallest absolute Gasteiger partial charge is 0.140 e. The van der Waals surface area contributed by atoms with Crippen LogP contribution in [0.1, 0.15) is 25.8 Å². The topological polar surface area (TPSA) is 26.3 Å². The van der Waals surface area contributed by atoms with Crippen molar-refractivity contribution in [3.63, 3.8) is 0 Å². The molecule has 1 aliphatic carbocycles. The van der Waals surface area contributed by atoms with Crippen LogP contribution in [-0.4, -0.2) is 12.9 Å². The first-order valence-corrected chi connectivity index (χ1v) is 6.58. The molecule has 17 heavy (non-hydrogen) atoms. The van der Waals surface area contributed by atoms with E-state index >= 15 is 0 Å². The van der Waals surface area contributed by atoms with Crippen molar-refractivity contribution in [3.8, 4) is 5.75 Å². The molecule has 0 N–H and O–H groups in total. The zero-order valence-corrected chi connectivity index (χ0v) is 12.0. The van der Waals surface area contributed by atoms with Crippen LogP contribution >= 0.6 is 15.9 Å². The molecule has 2 rings (SSSR count). The predicted octanol–water partition coefficient (Wildman–Crippen LogP) is 3.62. The van der Waals surface area contributed by atoms with Crippen molar-refractivity contribution in [3.05, 3.63) is 28.2 Å². The third-order valence-electron chi connectivity index (χ3n) is 3.52. The molecule has 1 fully saturated rings. The monoisotopic (exact) mass is 296 g/mol. The zero-order chi connectivity index (χ0) is 12.6. The first kappa shape index (κ1) is 12.6. The molecule has 1 unspecified atom stereocenters. The second kappa shape index (κ2) is 4.45. The lowest BCUT2D eigenvalue weighted by atomic mass is 10.0. The van der Waals surface area contributed by atoms with Gasteiger partial charge in [-0.25, -0.2) is 0 Å². The maximum absolute atomic E-state index is 12.1. The summed E-state index contributed by atoms with van der Waals surface area (Å²) in [6, 6.07) is 5.75. The molecule has 0 aliphatic heterocycles. The van der Waals surface area contributed by atoms with E-state index in [-0.39, 0.29) is 11.3 Å². The largest absolute Gasteiger partial charge is 0.497 e. The van der Waals surface area contributed by atoms with Crippen LogP contribution in [0.15, 0.2) is 22.7 Å². The highest BCUT2D eigenvalue weighted by molar-refractivity contribution is 9.10. The van der Waals surface area contributed by atoms with Crippen molar-refractivity contribution in [2.75, 3.05) is 7.11 Å². The number of carbonyl (C=O) groups is 1. The van der Waals surface area contributed by atoms with Gasteiger partial charge in [0.1, 0.15) is 11.5 Å². The van der Waals surface area contributed by atoms with Crippen molar-refractivity contribution < 1.29 is 9.53 Å². The van der Waals surface area contributed by atoms with E-state index in [0.717, 1.165) is 22.2 Å². The summed E-state index contributed by atoms with van der Waals surface area (Å²) in [6.07, 6.45) is 1.51. The highest BCUT2D eigenvalue weighted by Gasteiger charge is 2.49. The molecule has 0 spiro atoms. The predicted molar refractivity (Wildman–Crippen MR) is 71.3 cm³/mol. The number of benzene rings is 1. The lowest BCUT2D eigenvalue weighted by Gasteiger charge is -2.07. The maximum atomic E-state index is 12.1. The normalized spacial score (nSPS) is 21.1. The number of ether oxygens (including phenoxy) is 1. The first-order valence-electron chi connectivity index (χ1n) is 5.79. The summed E-state index contributed by atoms with van der Waals surface area (Å²) in [5.41, 5.74) is 1.22. The van der Waals surface area contributed by atoms with Gasteiger partial charge in [0.25, 0.3) is 0 Å². The van der Waals surface area contributed by atoms with Crippen molar-refractivity contribution in [2.24, 2.45) is 11.3 Å². The number of hydrogen-bond donors (Lipinski definition) is 0. The first-order chi connectivity index (χ1) is 7.94. The van der Waals surface area contributed by atoms with E-state index in [1.54, 1.807) is 7.11 Å². The SMILES string of the molecule is COc1ccc(Br)c(CC(=O)C2CC2(C)C)c1. The van der Waals surface area contributed by atoms with Crippen LogP contribution in [-0.2, 0) is 11.2 Å². The van der Waals surface area contributed by atoms with E-state index in [1.165, 1.54) is 0 Å². The molecule has 0 amide bonds. The Hall–Kier alpha value is -0.830. The number of methoxy groups -OCH3 is 1. The maximum Gasteiger partial charge on any atom is 0.140 e. The molecule has 3 heteroatoms. The quantitative estimate of drug-likeness (QED) is 0.848. The van der Waals surface area contributed by atoms with Gasteiger partial charge < -0.3 is 4.74 Å². The summed E-state index contributed by atoms with van der Waals surface area (Å²) in [6.45, 7) is 4.30. The van der Waals surface area contributed by atoms with Gasteiger partial charge >= 0.3 is 0 Å². The molecular weight excluding hydrogens is 280 g/mol. The second-order valence-corrected chi connectivity index (χ2v) is 6.20. The lowest BCUT2D eigenvalue weighted by molar-refractivity contribution is -0.120. The fourth-order valence-corrected chi connectivity index (χ4v) is 2.53. The minimum absolute atomic E-state index is 0.211. The lowest BCUT2D eigenvalue weighted by Crippen LogP contribution is -2.09. The molecule has 1 aromatic rings. The fourth-order valence-electron chi connectivity index (χ4n) is 2.14. The van der Waals surface area contributed by atoms with Gasteiger partial charge in [-0.15, -0.1) is 0 Å². The summed E-state index contributed by atoms with van der Waals surface area (Å²) in [7, 11) is 1.64.